The normalized spacial score (nSPS) is 11.2. The van der Waals surface area contributed by atoms with E-state index < -0.39 is 5.97 Å². The van der Waals surface area contributed by atoms with Crippen LogP contribution in [0.3, 0.4) is 0 Å². The quantitative estimate of drug-likeness (QED) is 0.746. The zero-order valence-corrected chi connectivity index (χ0v) is 13.2. The van der Waals surface area contributed by atoms with Crippen LogP contribution >= 0.6 is 15.9 Å². The summed E-state index contributed by atoms with van der Waals surface area (Å²) in [5.41, 5.74) is 0.383. The van der Waals surface area contributed by atoms with Crippen LogP contribution in [0.5, 0.6) is 0 Å². The third-order valence-electron chi connectivity index (χ3n) is 3.11. The summed E-state index contributed by atoms with van der Waals surface area (Å²) in [7, 11) is 0. The van der Waals surface area contributed by atoms with Gasteiger partial charge in [0.05, 0.1) is 5.56 Å². The SMILES string of the molecule is CC(C)(CCNC(=O)c1cccnc1Br)CCC(=O)O. The molecule has 0 radical (unpaired) electrons. The molecule has 1 amide bonds. The van der Waals surface area contributed by atoms with Crippen LogP contribution in [-0.4, -0.2) is 28.5 Å². The Morgan fingerprint density at radius 3 is 2.70 bits per heavy atom. The average molecular weight is 343 g/mol. The van der Waals surface area contributed by atoms with Crippen molar-refractivity contribution in [3.8, 4) is 0 Å². The minimum atomic E-state index is -0.790. The number of pyridine rings is 1. The van der Waals surface area contributed by atoms with Gasteiger partial charge < -0.3 is 10.4 Å². The van der Waals surface area contributed by atoms with Crippen molar-refractivity contribution in [2.75, 3.05) is 6.54 Å². The van der Waals surface area contributed by atoms with Crippen molar-refractivity contribution in [3.63, 3.8) is 0 Å². The van der Waals surface area contributed by atoms with E-state index >= 15 is 0 Å². The van der Waals surface area contributed by atoms with Crippen molar-refractivity contribution in [2.24, 2.45) is 5.41 Å². The van der Waals surface area contributed by atoms with Gasteiger partial charge in [0.25, 0.3) is 5.91 Å². The van der Waals surface area contributed by atoms with E-state index in [1.54, 1.807) is 18.3 Å². The molecule has 0 unspecified atom stereocenters. The molecule has 0 bridgehead atoms. The molecule has 1 aromatic heterocycles. The summed E-state index contributed by atoms with van der Waals surface area (Å²) < 4.78 is 0.516. The molecule has 6 heteroatoms. The van der Waals surface area contributed by atoms with Gasteiger partial charge in [-0.1, -0.05) is 13.8 Å². The lowest BCUT2D eigenvalue weighted by atomic mass is 9.84. The van der Waals surface area contributed by atoms with Crippen LogP contribution in [0.1, 0.15) is 43.5 Å². The lowest BCUT2D eigenvalue weighted by molar-refractivity contribution is -0.137. The first-order chi connectivity index (χ1) is 9.32. The average Bonchev–Trinajstić information content (AvgIpc) is 2.37. The molecule has 0 aliphatic heterocycles. The van der Waals surface area contributed by atoms with Crippen LogP contribution in [-0.2, 0) is 4.79 Å². The van der Waals surface area contributed by atoms with E-state index in [1.165, 1.54) is 0 Å². The van der Waals surface area contributed by atoms with Crippen LogP contribution in [0.25, 0.3) is 0 Å². The van der Waals surface area contributed by atoms with Crippen LogP contribution < -0.4 is 5.32 Å². The molecule has 0 saturated heterocycles. The molecule has 0 fully saturated rings. The highest BCUT2D eigenvalue weighted by Gasteiger charge is 2.19. The highest BCUT2D eigenvalue weighted by atomic mass is 79.9. The highest BCUT2D eigenvalue weighted by molar-refractivity contribution is 9.10. The van der Waals surface area contributed by atoms with Crippen molar-refractivity contribution in [1.29, 1.82) is 0 Å². The van der Waals surface area contributed by atoms with Gasteiger partial charge in [-0.25, -0.2) is 4.98 Å². The summed E-state index contributed by atoms with van der Waals surface area (Å²) in [5.74, 6) is -0.972. The number of nitrogens with zero attached hydrogens (tertiary/aromatic N) is 1. The van der Waals surface area contributed by atoms with E-state index in [4.69, 9.17) is 5.11 Å². The molecular weight excluding hydrogens is 324 g/mol. The largest absolute Gasteiger partial charge is 0.481 e. The topological polar surface area (TPSA) is 79.3 Å². The Labute approximate surface area is 126 Å². The molecule has 0 aromatic carbocycles. The zero-order valence-electron chi connectivity index (χ0n) is 11.6. The Kier molecular flexibility index (Phi) is 6.13. The number of aliphatic carboxylic acids is 1. The summed E-state index contributed by atoms with van der Waals surface area (Å²) >= 11 is 3.23. The Hall–Kier alpha value is -1.43. The third kappa shape index (κ3) is 5.69. The predicted octanol–water partition coefficient (Wildman–Crippen LogP) is 2.86. The first-order valence-corrected chi connectivity index (χ1v) is 7.22. The molecule has 5 nitrogen and oxygen atoms in total. The predicted molar refractivity (Wildman–Crippen MR) is 79.5 cm³/mol. The van der Waals surface area contributed by atoms with Crippen molar-refractivity contribution >= 4 is 27.8 Å². The van der Waals surface area contributed by atoms with E-state index in [0.717, 1.165) is 6.42 Å². The van der Waals surface area contributed by atoms with Gasteiger partial charge in [-0.05, 0) is 46.3 Å². The Balaban J connectivity index is 2.42. The summed E-state index contributed by atoms with van der Waals surface area (Å²) in [5, 5.41) is 11.5. The number of carbonyl (C=O) groups is 2. The first kappa shape index (κ1) is 16.6. The van der Waals surface area contributed by atoms with Crippen LogP contribution in [0, 0.1) is 5.41 Å². The molecule has 110 valence electrons. The number of carboxylic acids is 1. The van der Waals surface area contributed by atoms with Crippen molar-refractivity contribution in [2.45, 2.75) is 33.1 Å². The lowest BCUT2D eigenvalue weighted by Gasteiger charge is -2.23. The summed E-state index contributed by atoms with van der Waals surface area (Å²) in [6, 6.07) is 3.40. The van der Waals surface area contributed by atoms with Gasteiger partial charge in [0.15, 0.2) is 0 Å². The number of carboxylic acid groups (broad SMARTS) is 1. The number of carbonyl (C=O) groups excluding carboxylic acids is 1. The Bertz CT molecular complexity index is 489. The van der Waals surface area contributed by atoms with Crippen LogP contribution in [0.4, 0.5) is 0 Å². The minimum absolute atomic E-state index is 0.113. The fourth-order valence-corrected chi connectivity index (χ4v) is 2.17. The molecule has 1 rings (SSSR count). The van der Waals surface area contributed by atoms with Gasteiger partial charge in [-0.15, -0.1) is 0 Å². The maximum Gasteiger partial charge on any atom is 0.303 e. The fourth-order valence-electron chi connectivity index (χ4n) is 1.74. The molecule has 0 aliphatic carbocycles. The maximum absolute atomic E-state index is 11.9. The standard InChI is InChI=1S/C14H19BrN2O3/c1-14(2,6-5-11(18)19)7-9-17-13(20)10-4-3-8-16-12(10)15/h3-4,8H,5-7,9H2,1-2H3,(H,17,20)(H,18,19). The third-order valence-corrected chi connectivity index (χ3v) is 3.74. The number of amides is 1. The lowest BCUT2D eigenvalue weighted by Crippen LogP contribution is -2.28. The van der Waals surface area contributed by atoms with Gasteiger partial charge >= 0.3 is 5.97 Å². The minimum Gasteiger partial charge on any atom is -0.481 e. The molecular formula is C14H19BrN2O3. The number of nitrogens with one attached hydrogen (secondary N) is 1. The summed E-state index contributed by atoms with van der Waals surface area (Å²) in [4.78, 5) is 26.5. The van der Waals surface area contributed by atoms with Crippen molar-refractivity contribution in [3.05, 3.63) is 28.5 Å². The molecule has 0 saturated carbocycles. The Morgan fingerprint density at radius 1 is 1.40 bits per heavy atom. The number of aromatic nitrogens is 1. The van der Waals surface area contributed by atoms with E-state index in [9.17, 15) is 9.59 Å². The monoisotopic (exact) mass is 342 g/mol. The van der Waals surface area contributed by atoms with E-state index in [0.29, 0.717) is 23.1 Å². The number of hydrogen-bond acceptors (Lipinski definition) is 3. The smallest absolute Gasteiger partial charge is 0.303 e. The zero-order chi connectivity index (χ0) is 15.2. The Morgan fingerprint density at radius 2 is 2.10 bits per heavy atom. The molecule has 2 N–H and O–H groups in total. The second-order valence-corrected chi connectivity index (χ2v) is 6.16. The van der Waals surface area contributed by atoms with E-state index in [-0.39, 0.29) is 17.7 Å². The van der Waals surface area contributed by atoms with Gasteiger partial charge in [0, 0.05) is 19.2 Å². The number of hydrogen-bond donors (Lipinski definition) is 2. The van der Waals surface area contributed by atoms with Crippen LogP contribution in [0.15, 0.2) is 22.9 Å². The molecule has 1 heterocycles. The van der Waals surface area contributed by atoms with Gasteiger partial charge in [0.2, 0.25) is 0 Å². The van der Waals surface area contributed by atoms with Gasteiger partial charge in [-0.2, -0.15) is 0 Å². The number of rotatable bonds is 7. The summed E-state index contributed by atoms with van der Waals surface area (Å²) in [6.07, 6.45) is 3.07. The molecule has 20 heavy (non-hydrogen) atoms. The van der Waals surface area contributed by atoms with E-state index in [1.807, 2.05) is 13.8 Å². The fraction of sp³-hybridized carbons (Fsp3) is 0.500. The molecule has 0 spiro atoms. The van der Waals surface area contributed by atoms with Crippen LogP contribution in [0.2, 0.25) is 0 Å². The second-order valence-electron chi connectivity index (χ2n) is 5.41. The molecule has 0 atom stereocenters. The van der Waals surface area contributed by atoms with Crippen molar-refractivity contribution in [1.82, 2.24) is 10.3 Å². The molecule has 0 aliphatic rings. The maximum atomic E-state index is 11.9. The second kappa shape index (κ2) is 7.38. The van der Waals surface area contributed by atoms with Gasteiger partial charge in [0.1, 0.15) is 4.60 Å². The number of halogens is 1. The van der Waals surface area contributed by atoms with Crippen molar-refractivity contribution < 1.29 is 14.7 Å². The highest BCUT2D eigenvalue weighted by Crippen LogP contribution is 2.26. The van der Waals surface area contributed by atoms with E-state index in [2.05, 4.69) is 26.2 Å². The first-order valence-electron chi connectivity index (χ1n) is 6.42. The molecule has 1 aromatic rings. The van der Waals surface area contributed by atoms with Gasteiger partial charge in [-0.3, -0.25) is 9.59 Å². The summed E-state index contributed by atoms with van der Waals surface area (Å²) in [6.45, 7) is 4.51.